The summed E-state index contributed by atoms with van der Waals surface area (Å²) >= 11 is 4.97. The fraction of sp³-hybridized carbons (Fsp3) is 0.222. The van der Waals surface area contributed by atoms with Gasteiger partial charge in [0.2, 0.25) is 0 Å². The Hall–Kier alpha value is -1.49. The average molecular weight is 208 g/mol. The molecule has 0 atom stereocenters. The molecule has 0 aromatic carbocycles. The molecular formula is C9H12N4S. The van der Waals surface area contributed by atoms with Gasteiger partial charge in [-0.1, -0.05) is 6.07 Å². The molecule has 1 heterocycles. The Kier molecular flexibility index (Phi) is 4.00. The first-order chi connectivity index (χ1) is 6.70. The number of nitrogens with zero attached hydrogens (tertiary/aromatic N) is 3. The van der Waals surface area contributed by atoms with Gasteiger partial charge in [0, 0.05) is 20.3 Å². The van der Waals surface area contributed by atoms with Crippen LogP contribution in [-0.2, 0) is 0 Å². The van der Waals surface area contributed by atoms with Crippen LogP contribution in [0.3, 0.4) is 0 Å². The molecule has 0 spiro atoms. The Balaban J connectivity index is 2.46. The van der Waals surface area contributed by atoms with Gasteiger partial charge < -0.3 is 4.90 Å². The van der Waals surface area contributed by atoms with Gasteiger partial charge in [-0.15, -0.1) is 0 Å². The fourth-order valence-electron chi connectivity index (χ4n) is 0.706. The third kappa shape index (κ3) is 3.49. The highest BCUT2D eigenvalue weighted by molar-refractivity contribution is 7.80. The summed E-state index contributed by atoms with van der Waals surface area (Å²) in [5, 5.41) is 4.51. The molecule has 14 heavy (non-hydrogen) atoms. The van der Waals surface area contributed by atoms with Crippen molar-refractivity contribution in [1.29, 1.82) is 0 Å². The second-order valence-corrected chi connectivity index (χ2v) is 3.21. The summed E-state index contributed by atoms with van der Waals surface area (Å²) < 4.78 is 0. The Morgan fingerprint density at radius 2 is 2.36 bits per heavy atom. The molecule has 74 valence electrons. The van der Waals surface area contributed by atoms with Gasteiger partial charge in [-0.25, -0.2) is 0 Å². The number of hydrogen-bond acceptors (Lipinski definition) is 3. The summed E-state index contributed by atoms with van der Waals surface area (Å²) in [6.45, 7) is 0. The third-order valence-corrected chi connectivity index (χ3v) is 1.91. The molecule has 5 heteroatoms. The van der Waals surface area contributed by atoms with Gasteiger partial charge in [0.05, 0.1) is 11.9 Å². The van der Waals surface area contributed by atoms with Crippen molar-refractivity contribution in [2.45, 2.75) is 0 Å². The van der Waals surface area contributed by atoms with Crippen molar-refractivity contribution in [2.75, 3.05) is 14.1 Å². The van der Waals surface area contributed by atoms with E-state index >= 15 is 0 Å². The van der Waals surface area contributed by atoms with Crippen LogP contribution in [0.25, 0.3) is 0 Å². The van der Waals surface area contributed by atoms with Crippen LogP contribution in [0.4, 0.5) is 0 Å². The maximum absolute atomic E-state index is 4.97. The molecule has 1 N–H and O–H groups in total. The van der Waals surface area contributed by atoms with Crippen molar-refractivity contribution in [3.8, 4) is 0 Å². The normalized spacial score (nSPS) is 10.1. The van der Waals surface area contributed by atoms with E-state index in [0.717, 1.165) is 5.69 Å². The summed E-state index contributed by atoms with van der Waals surface area (Å²) in [6.07, 6.45) is 3.33. The monoisotopic (exact) mass is 208 g/mol. The summed E-state index contributed by atoms with van der Waals surface area (Å²) in [4.78, 5) is 5.84. The topological polar surface area (TPSA) is 40.5 Å². The number of aromatic nitrogens is 1. The molecule has 0 aliphatic heterocycles. The van der Waals surface area contributed by atoms with Crippen molar-refractivity contribution in [1.82, 2.24) is 15.3 Å². The molecule has 1 aromatic heterocycles. The summed E-state index contributed by atoms with van der Waals surface area (Å²) in [6, 6.07) is 5.62. The van der Waals surface area contributed by atoms with Crippen LogP contribution < -0.4 is 5.43 Å². The second-order valence-electron chi connectivity index (χ2n) is 2.82. The number of rotatable bonds is 2. The number of hydrogen-bond donors (Lipinski definition) is 1. The predicted molar refractivity (Wildman–Crippen MR) is 61.3 cm³/mol. The molecule has 1 rings (SSSR count). The van der Waals surface area contributed by atoms with Crippen molar-refractivity contribution < 1.29 is 0 Å². The average Bonchev–Trinajstić information content (AvgIpc) is 2.19. The van der Waals surface area contributed by atoms with Crippen LogP contribution in [0.1, 0.15) is 5.69 Å². The van der Waals surface area contributed by atoms with Gasteiger partial charge in [-0.2, -0.15) is 5.10 Å². The third-order valence-electron chi connectivity index (χ3n) is 1.45. The first-order valence-corrected chi connectivity index (χ1v) is 4.52. The molecule has 0 aliphatic rings. The van der Waals surface area contributed by atoms with Crippen LogP contribution in [0.2, 0.25) is 0 Å². The molecule has 0 saturated carbocycles. The predicted octanol–water partition coefficient (Wildman–Crippen LogP) is 0.852. The van der Waals surface area contributed by atoms with Gasteiger partial charge in [-0.3, -0.25) is 10.4 Å². The first-order valence-electron chi connectivity index (χ1n) is 4.11. The number of thiocarbonyl (C=S) groups is 1. The highest BCUT2D eigenvalue weighted by Crippen LogP contribution is 1.87. The zero-order valence-electron chi connectivity index (χ0n) is 8.14. The maximum Gasteiger partial charge on any atom is 0.189 e. The Morgan fingerprint density at radius 3 is 2.93 bits per heavy atom. The van der Waals surface area contributed by atoms with E-state index in [1.807, 2.05) is 32.3 Å². The van der Waals surface area contributed by atoms with Crippen molar-refractivity contribution in [3.63, 3.8) is 0 Å². The van der Waals surface area contributed by atoms with E-state index in [0.29, 0.717) is 5.11 Å². The van der Waals surface area contributed by atoms with Crippen molar-refractivity contribution in [3.05, 3.63) is 30.1 Å². The molecule has 1 aromatic rings. The molecular weight excluding hydrogens is 196 g/mol. The van der Waals surface area contributed by atoms with Crippen LogP contribution >= 0.6 is 12.2 Å². The van der Waals surface area contributed by atoms with E-state index in [1.54, 1.807) is 17.3 Å². The lowest BCUT2D eigenvalue weighted by Gasteiger charge is -2.11. The van der Waals surface area contributed by atoms with E-state index < -0.39 is 0 Å². The maximum atomic E-state index is 4.97. The Labute approximate surface area is 88.6 Å². The van der Waals surface area contributed by atoms with E-state index in [-0.39, 0.29) is 0 Å². The Morgan fingerprint density at radius 1 is 1.57 bits per heavy atom. The van der Waals surface area contributed by atoms with Crippen LogP contribution in [0.15, 0.2) is 29.5 Å². The minimum absolute atomic E-state index is 0.567. The number of nitrogens with one attached hydrogen (secondary N) is 1. The number of hydrazone groups is 1. The van der Waals surface area contributed by atoms with E-state index in [1.165, 1.54) is 0 Å². The van der Waals surface area contributed by atoms with Crippen LogP contribution in [0.5, 0.6) is 0 Å². The standard InChI is InChI=1S/C9H12N4S/c1-13(2)9(14)12-11-7-8-5-3-4-6-10-8/h3-7H,1-2H3,(H,12,14)/b11-7+. The summed E-state index contributed by atoms with van der Waals surface area (Å²) in [7, 11) is 3.71. The minimum atomic E-state index is 0.567. The molecule has 0 saturated heterocycles. The Bertz CT molecular complexity index is 321. The van der Waals surface area contributed by atoms with Gasteiger partial charge in [0.25, 0.3) is 0 Å². The van der Waals surface area contributed by atoms with Crippen molar-refractivity contribution in [2.24, 2.45) is 5.10 Å². The minimum Gasteiger partial charge on any atom is -0.354 e. The van der Waals surface area contributed by atoms with Gasteiger partial charge in [0.15, 0.2) is 5.11 Å². The molecule has 4 nitrogen and oxygen atoms in total. The lowest BCUT2D eigenvalue weighted by molar-refractivity contribution is 0.606. The number of pyridine rings is 1. The molecule has 0 aliphatic carbocycles. The van der Waals surface area contributed by atoms with Crippen molar-refractivity contribution >= 4 is 23.5 Å². The largest absolute Gasteiger partial charge is 0.354 e. The van der Waals surface area contributed by atoms with Crippen LogP contribution in [-0.4, -0.2) is 35.3 Å². The second kappa shape index (κ2) is 5.29. The SMILES string of the molecule is CN(C)C(=S)N/N=C/c1ccccn1. The van der Waals surface area contributed by atoms with Gasteiger partial charge in [0.1, 0.15) is 0 Å². The van der Waals surface area contributed by atoms with E-state index in [9.17, 15) is 0 Å². The van der Waals surface area contributed by atoms with Crippen LogP contribution in [0, 0.1) is 0 Å². The molecule has 0 radical (unpaired) electrons. The molecule has 0 bridgehead atoms. The lowest BCUT2D eigenvalue weighted by Crippen LogP contribution is -2.30. The first kappa shape index (κ1) is 10.6. The smallest absolute Gasteiger partial charge is 0.189 e. The summed E-state index contributed by atoms with van der Waals surface area (Å²) in [5.41, 5.74) is 3.51. The summed E-state index contributed by atoms with van der Waals surface area (Å²) in [5.74, 6) is 0. The fourth-order valence-corrected chi connectivity index (χ4v) is 0.759. The van der Waals surface area contributed by atoms with Gasteiger partial charge in [-0.05, 0) is 24.4 Å². The molecule has 0 amide bonds. The van der Waals surface area contributed by atoms with E-state index in [2.05, 4.69) is 15.5 Å². The quantitative estimate of drug-likeness (QED) is 0.444. The van der Waals surface area contributed by atoms with E-state index in [4.69, 9.17) is 12.2 Å². The zero-order valence-corrected chi connectivity index (χ0v) is 8.95. The highest BCUT2D eigenvalue weighted by Gasteiger charge is 1.93. The van der Waals surface area contributed by atoms with Gasteiger partial charge >= 0.3 is 0 Å². The zero-order chi connectivity index (χ0) is 10.4. The highest BCUT2D eigenvalue weighted by atomic mass is 32.1. The molecule has 0 unspecified atom stereocenters. The molecule has 0 fully saturated rings. The lowest BCUT2D eigenvalue weighted by atomic mass is 10.4.